The summed E-state index contributed by atoms with van der Waals surface area (Å²) in [7, 11) is 4.78. The maximum atomic E-state index is 13.8. The molecule has 0 spiro atoms. The molecule has 2 aromatic heterocycles. The van der Waals surface area contributed by atoms with Gasteiger partial charge in [0.1, 0.15) is 5.75 Å². The van der Waals surface area contributed by atoms with E-state index < -0.39 is 6.04 Å². The quantitative estimate of drug-likeness (QED) is 0.303. The molecular formula is C28H30N6O5S. The van der Waals surface area contributed by atoms with Gasteiger partial charge in [-0.2, -0.15) is 5.10 Å². The fourth-order valence-corrected chi connectivity index (χ4v) is 5.56. The zero-order valence-corrected chi connectivity index (χ0v) is 23.7. The molecular weight excluding hydrogens is 532 g/mol. The van der Waals surface area contributed by atoms with Crippen LogP contribution in [-0.2, 0) is 4.79 Å². The minimum Gasteiger partial charge on any atom is -0.497 e. The van der Waals surface area contributed by atoms with E-state index in [2.05, 4.69) is 15.2 Å². The van der Waals surface area contributed by atoms with Crippen molar-refractivity contribution in [3.8, 4) is 17.2 Å². The molecule has 1 atom stereocenters. The molecule has 1 aliphatic rings. The fourth-order valence-electron chi connectivity index (χ4n) is 4.75. The molecule has 0 aliphatic carbocycles. The van der Waals surface area contributed by atoms with E-state index in [0.717, 1.165) is 28.3 Å². The lowest BCUT2D eigenvalue weighted by Crippen LogP contribution is -2.29. The van der Waals surface area contributed by atoms with E-state index in [1.54, 1.807) is 25.7 Å². The summed E-state index contributed by atoms with van der Waals surface area (Å²) in [5.74, 6) is 2.10. The van der Waals surface area contributed by atoms with Crippen LogP contribution < -0.4 is 19.8 Å². The maximum Gasteiger partial charge on any atom is 0.253 e. The summed E-state index contributed by atoms with van der Waals surface area (Å²) >= 11 is 1.24. The monoisotopic (exact) mass is 562 g/mol. The summed E-state index contributed by atoms with van der Waals surface area (Å²) in [6, 6.07) is 14.3. The van der Waals surface area contributed by atoms with Crippen LogP contribution in [0.1, 0.15) is 49.0 Å². The molecule has 40 heavy (non-hydrogen) atoms. The normalized spacial score (nSPS) is 15.0. The average Bonchev–Trinajstić information content (AvgIpc) is 3.59. The van der Waals surface area contributed by atoms with Crippen molar-refractivity contribution in [3.63, 3.8) is 0 Å². The Morgan fingerprint density at radius 3 is 2.52 bits per heavy atom. The van der Waals surface area contributed by atoms with E-state index in [0.29, 0.717) is 28.9 Å². The molecule has 0 radical (unpaired) electrons. The number of thioether (sulfide) groups is 1. The van der Waals surface area contributed by atoms with Gasteiger partial charge in [0.15, 0.2) is 16.7 Å². The second-order valence-electron chi connectivity index (χ2n) is 9.46. The van der Waals surface area contributed by atoms with E-state index in [4.69, 9.17) is 19.3 Å². The predicted octanol–water partition coefficient (Wildman–Crippen LogP) is 4.04. The topological polar surface area (TPSA) is 123 Å². The van der Waals surface area contributed by atoms with E-state index in [9.17, 15) is 9.59 Å². The van der Waals surface area contributed by atoms with Crippen molar-refractivity contribution < 1.29 is 19.0 Å². The van der Waals surface area contributed by atoms with Crippen LogP contribution in [0.4, 0.5) is 0 Å². The first-order valence-corrected chi connectivity index (χ1v) is 13.7. The number of H-pyrrole nitrogens is 1. The summed E-state index contributed by atoms with van der Waals surface area (Å²) in [5.41, 5.74) is 2.97. The molecule has 1 aliphatic heterocycles. The van der Waals surface area contributed by atoms with Crippen molar-refractivity contribution in [2.45, 2.75) is 37.4 Å². The summed E-state index contributed by atoms with van der Waals surface area (Å²) in [6.07, 6.45) is 0.485. The highest BCUT2D eigenvalue weighted by atomic mass is 32.2. The van der Waals surface area contributed by atoms with Crippen LogP contribution in [0.25, 0.3) is 5.78 Å². The number of nitrogens with zero attached hydrogens (tertiary/aromatic N) is 5. The molecule has 0 saturated carbocycles. The Bertz CT molecular complexity index is 1630. The number of methoxy groups -OCH3 is 3. The Labute approximate surface area is 235 Å². The van der Waals surface area contributed by atoms with Crippen LogP contribution in [0.2, 0.25) is 0 Å². The van der Waals surface area contributed by atoms with Gasteiger partial charge in [-0.3, -0.25) is 19.0 Å². The molecule has 1 unspecified atom stereocenters. The first kappa shape index (κ1) is 27.3. The fraction of sp³-hybridized carbons (Fsp3) is 0.321. The smallest absolute Gasteiger partial charge is 0.253 e. The van der Waals surface area contributed by atoms with Gasteiger partial charge in [0, 0.05) is 23.7 Å². The molecule has 0 saturated heterocycles. The standard InChI is InChI=1S/C28H30N6O5S/c1-16(2)21-14-24(35)29-27-30-31-28(33(21)27)40-15-25(36)34-22(19-7-6-8-23(38-4)26(19)39-5)13-20(32-34)17-9-11-18(37-3)12-10-17/h6-12,14,16,22H,13,15H2,1-5H3,(H,29,30,35). The van der Waals surface area contributed by atoms with Gasteiger partial charge < -0.3 is 14.2 Å². The van der Waals surface area contributed by atoms with Gasteiger partial charge in [0.25, 0.3) is 11.5 Å². The van der Waals surface area contributed by atoms with Crippen LogP contribution in [-0.4, -0.2) is 63.3 Å². The molecule has 12 heteroatoms. The van der Waals surface area contributed by atoms with Crippen molar-refractivity contribution in [2.75, 3.05) is 27.1 Å². The highest BCUT2D eigenvalue weighted by Gasteiger charge is 2.35. The number of carbonyl (C=O) groups excluding carboxylic acids is 1. The Hall–Kier alpha value is -4.32. The van der Waals surface area contributed by atoms with Crippen molar-refractivity contribution in [3.05, 3.63) is 75.7 Å². The molecule has 2 aromatic carbocycles. The van der Waals surface area contributed by atoms with Gasteiger partial charge in [-0.05, 0) is 41.8 Å². The average molecular weight is 563 g/mol. The second kappa shape index (κ2) is 11.4. The maximum absolute atomic E-state index is 13.8. The molecule has 208 valence electrons. The number of carbonyl (C=O) groups is 1. The zero-order chi connectivity index (χ0) is 28.4. The zero-order valence-electron chi connectivity index (χ0n) is 22.9. The van der Waals surface area contributed by atoms with E-state index in [1.807, 2.05) is 56.3 Å². The van der Waals surface area contributed by atoms with E-state index >= 15 is 0 Å². The number of benzene rings is 2. The number of fused-ring (bicyclic) bond motifs is 1. The minimum absolute atomic E-state index is 0.0518. The van der Waals surface area contributed by atoms with Gasteiger partial charge in [-0.25, -0.2) is 5.01 Å². The number of ether oxygens (including phenoxy) is 3. The SMILES string of the molecule is COc1ccc(C2=NN(C(=O)CSc3nnc4[nH]c(=O)cc(C(C)C)n34)C(c3cccc(OC)c3OC)C2)cc1. The van der Waals surface area contributed by atoms with Gasteiger partial charge in [-0.1, -0.05) is 37.7 Å². The second-order valence-corrected chi connectivity index (χ2v) is 10.4. The van der Waals surface area contributed by atoms with Crippen LogP contribution >= 0.6 is 11.8 Å². The number of hydrazone groups is 1. The van der Waals surface area contributed by atoms with Gasteiger partial charge in [0.2, 0.25) is 5.78 Å². The number of hydrogen-bond donors (Lipinski definition) is 1. The third-order valence-corrected chi connectivity index (χ3v) is 7.62. The van der Waals surface area contributed by atoms with Gasteiger partial charge in [-0.15, -0.1) is 10.2 Å². The summed E-state index contributed by atoms with van der Waals surface area (Å²) in [4.78, 5) is 28.5. The highest BCUT2D eigenvalue weighted by molar-refractivity contribution is 7.99. The van der Waals surface area contributed by atoms with E-state index in [-0.39, 0.29) is 23.1 Å². The Morgan fingerprint density at radius 1 is 1.07 bits per heavy atom. The lowest BCUT2D eigenvalue weighted by Gasteiger charge is -2.24. The number of aromatic nitrogens is 4. The molecule has 1 N–H and O–H groups in total. The molecule has 0 fully saturated rings. The molecule has 5 rings (SSSR count). The number of aromatic amines is 1. The van der Waals surface area contributed by atoms with Crippen molar-refractivity contribution in [1.82, 2.24) is 24.6 Å². The van der Waals surface area contributed by atoms with Crippen molar-refractivity contribution in [2.24, 2.45) is 5.10 Å². The molecule has 4 aromatic rings. The molecule has 0 bridgehead atoms. The Kier molecular flexibility index (Phi) is 7.78. The van der Waals surface area contributed by atoms with Crippen LogP contribution in [0, 0.1) is 0 Å². The molecule has 3 heterocycles. The Balaban J connectivity index is 1.48. The number of amides is 1. The van der Waals surface area contributed by atoms with Crippen LogP contribution in [0.15, 0.2) is 63.6 Å². The van der Waals surface area contributed by atoms with Crippen molar-refractivity contribution >= 4 is 29.2 Å². The van der Waals surface area contributed by atoms with Crippen molar-refractivity contribution in [1.29, 1.82) is 0 Å². The Morgan fingerprint density at radius 2 is 1.85 bits per heavy atom. The lowest BCUT2D eigenvalue weighted by molar-refractivity contribution is -0.130. The summed E-state index contributed by atoms with van der Waals surface area (Å²) in [5, 5.41) is 15.2. The summed E-state index contributed by atoms with van der Waals surface area (Å²) < 4.78 is 18.3. The number of hydrogen-bond acceptors (Lipinski definition) is 9. The third-order valence-electron chi connectivity index (χ3n) is 6.70. The first-order chi connectivity index (χ1) is 19.3. The van der Waals surface area contributed by atoms with Gasteiger partial charge in [0.05, 0.1) is 38.8 Å². The summed E-state index contributed by atoms with van der Waals surface area (Å²) in [6.45, 7) is 3.97. The number of para-hydroxylation sites is 1. The predicted molar refractivity (Wildman–Crippen MR) is 152 cm³/mol. The molecule has 11 nitrogen and oxygen atoms in total. The first-order valence-electron chi connectivity index (χ1n) is 12.7. The lowest BCUT2D eigenvalue weighted by atomic mass is 9.97. The van der Waals surface area contributed by atoms with Crippen LogP contribution in [0.3, 0.4) is 0 Å². The van der Waals surface area contributed by atoms with E-state index in [1.165, 1.54) is 22.8 Å². The minimum atomic E-state index is -0.409. The number of nitrogens with one attached hydrogen (secondary N) is 1. The van der Waals surface area contributed by atoms with Crippen LogP contribution in [0.5, 0.6) is 17.2 Å². The third kappa shape index (κ3) is 5.14. The van der Waals surface area contributed by atoms with Gasteiger partial charge >= 0.3 is 0 Å². The highest BCUT2D eigenvalue weighted by Crippen LogP contribution is 2.42. The molecule has 1 amide bonds. The largest absolute Gasteiger partial charge is 0.497 e. The number of rotatable bonds is 9.